The first kappa shape index (κ1) is 11.3. The normalized spacial score (nSPS) is 21.1. The van der Waals surface area contributed by atoms with Gasteiger partial charge in [0.1, 0.15) is 0 Å². The van der Waals surface area contributed by atoms with Gasteiger partial charge in [-0.15, -0.1) is 0 Å². The summed E-state index contributed by atoms with van der Waals surface area (Å²) >= 11 is 0. The Balaban J connectivity index is 0.000000980. The van der Waals surface area contributed by atoms with Crippen LogP contribution in [0.5, 0.6) is 0 Å². The molecule has 0 aromatic heterocycles. The summed E-state index contributed by atoms with van der Waals surface area (Å²) in [5.41, 5.74) is 3.81. The van der Waals surface area contributed by atoms with Crippen LogP contribution in [0.15, 0.2) is 24.3 Å². The predicted octanol–water partition coefficient (Wildman–Crippen LogP) is 4.28. The van der Waals surface area contributed by atoms with Crippen molar-refractivity contribution in [2.24, 2.45) is 0 Å². The van der Waals surface area contributed by atoms with Crippen LogP contribution in [0.2, 0.25) is 0 Å². The van der Waals surface area contributed by atoms with Crippen LogP contribution in [-0.2, 0) is 10.8 Å². The summed E-state index contributed by atoms with van der Waals surface area (Å²) in [5.74, 6) is 0. The maximum absolute atomic E-state index is 2.35. The highest BCUT2D eigenvalue weighted by atomic mass is 14.4. The molecule has 0 atom stereocenters. The van der Waals surface area contributed by atoms with Gasteiger partial charge in [-0.05, 0) is 28.4 Å². The molecule has 1 aromatic rings. The summed E-state index contributed by atoms with van der Waals surface area (Å²) in [6.45, 7) is 9.39. The summed E-state index contributed by atoms with van der Waals surface area (Å²) in [7, 11) is 0. The molecule has 0 N–H and O–H groups in total. The van der Waals surface area contributed by atoms with Gasteiger partial charge < -0.3 is 0 Å². The largest absolute Gasteiger partial charge is 0.0776 e. The van der Waals surface area contributed by atoms with E-state index in [1.807, 2.05) is 0 Å². The molecule has 0 aliphatic heterocycles. The Bertz CT molecular complexity index is 299. The van der Waals surface area contributed by atoms with E-state index in [1.54, 1.807) is 11.1 Å². The number of benzene rings is 1. The third kappa shape index (κ3) is 1.47. The average Bonchev–Trinajstić information content (AvgIpc) is 2.20. The van der Waals surface area contributed by atoms with E-state index in [1.165, 1.54) is 6.42 Å². The van der Waals surface area contributed by atoms with Gasteiger partial charge in [0.05, 0.1) is 0 Å². The molecule has 1 aliphatic rings. The van der Waals surface area contributed by atoms with E-state index >= 15 is 0 Å². The highest BCUT2D eigenvalue weighted by Gasteiger charge is 2.41. The van der Waals surface area contributed by atoms with Gasteiger partial charge in [-0.1, -0.05) is 59.4 Å². The molecule has 78 valence electrons. The summed E-state index contributed by atoms with van der Waals surface area (Å²) in [6.07, 6.45) is 1.26. The molecule has 0 bridgehead atoms. The van der Waals surface area contributed by atoms with Crippen LogP contribution in [0.4, 0.5) is 0 Å². The Hall–Kier alpha value is -0.780. The maximum Gasteiger partial charge on any atom is -0.00924 e. The zero-order valence-corrected chi connectivity index (χ0v) is 9.02. The number of hydrogen-bond acceptors (Lipinski definition) is 0. The van der Waals surface area contributed by atoms with Gasteiger partial charge >= 0.3 is 0 Å². The molecule has 0 spiro atoms. The van der Waals surface area contributed by atoms with Crippen molar-refractivity contribution in [2.75, 3.05) is 0 Å². The van der Waals surface area contributed by atoms with E-state index in [9.17, 15) is 0 Å². The smallest absolute Gasteiger partial charge is 0.00924 e. The highest BCUT2D eigenvalue weighted by molar-refractivity contribution is 5.44. The van der Waals surface area contributed by atoms with Crippen molar-refractivity contribution in [1.82, 2.24) is 0 Å². The van der Waals surface area contributed by atoms with Gasteiger partial charge in [-0.2, -0.15) is 0 Å². The molecule has 0 amide bonds. The first-order chi connectivity index (χ1) is 5.93. The first-order valence-electron chi connectivity index (χ1n) is 5.03. The monoisotopic (exact) mass is 190 g/mol. The number of fused-ring (bicyclic) bond motifs is 1. The van der Waals surface area contributed by atoms with Crippen molar-refractivity contribution in [2.45, 2.75) is 52.4 Å². The second kappa shape index (κ2) is 3.12. The van der Waals surface area contributed by atoms with Crippen LogP contribution in [0.25, 0.3) is 0 Å². The minimum Gasteiger partial charge on any atom is -0.0776 e. The molecule has 0 heterocycles. The molecular formula is C14H22. The topological polar surface area (TPSA) is 0 Å². The molecule has 0 nitrogen and oxygen atoms in total. The molecule has 2 rings (SSSR count). The van der Waals surface area contributed by atoms with E-state index in [-0.39, 0.29) is 7.43 Å². The Morgan fingerprint density at radius 1 is 0.857 bits per heavy atom. The van der Waals surface area contributed by atoms with Crippen molar-refractivity contribution >= 4 is 0 Å². The highest BCUT2D eigenvalue weighted by Crippen LogP contribution is 2.48. The molecule has 0 radical (unpaired) electrons. The number of rotatable bonds is 0. The zero-order chi connectivity index (χ0) is 9.69. The molecule has 0 heteroatoms. The van der Waals surface area contributed by atoms with Crippen LogP contribution < -0.4 is 0 Å². The average molecular weight is 190 g/mol. The van der Waals surface area contributed by atoms with Crippen LogP contribution in [0.1, 0.15) is 52.7 Å². The summed E-state index contributed by atoms with van der Waals surface area (Å²) in [4.78, 5) is 0. The molecule has 0 saturated carbocycles. The molecule has 1 aromatic carbocycles. The lowest BCUT2D eigenvalue weighted by atomic mass is 9.82. The Morgan fingerprint density at radius 3 is 1.57 bits per heavy atom. The molecule has 1 aliphatic carbocycles. The lowest BCUT2D eigenvalue weighted by Crippen LogP contribution is -2.17. The van der Waals surface area contributed by atoms with Crippen LogP contribution in [0, 0.1) is 0 Å². The fourth-order valence-electron chi connectivity index (χ4n) is 2.96. The second-order valence-corrected chi connectivity index (χ2v) is 5.49. The lowest BCUT2D eigenvalue weighted by molar-refractivity contribution is 0.403. The van der Waals surface area contributed by atoms with Crippen molar-refractivity contribution in [3.63, 3.8) is 0 Å². The Morgan fingerprint density at radius 2 is 1.21 bits per heavy atom. The summed E-state index contributed by atoms with van der Waals surface area (Å²) in [5, 5.41) is 0. The third-order valence-electron chi connectivity index (χ3n) is 3.27. The Labute approximate surface area is 88.4 Å². The van der Waals surface area contributed by atoms with E-state index in [0.717, 1.165) is 0 Å². The maximum atomic E-state index is 2.35. The van der Waals surface area contributed by atoms with Gasteiger partial charge in [0.2, 0.25) is 0 Å². The predicted molar refractivity (Wildman–Crippen MR) is 63.8 cm³/mol. The Kier molecular flexibility index (Phi) is 2.51. The zero-order valence-electron chi connectivity index (χ0n) is 9.02. The van der Waals surface area contributed by atoms with Gasteiger partial charge in [-0.3, -0.25) is 0 Å². The quantitative estimate of drug-likeness (QED) is 0.572. The lowest BCUT2D eigenvalue weighted by Gasteiger charge is -2.22. The van der Waals surface area contributed by atoms with Crippen LogP contribution in [0.3, 0.4) is 0 Å². The van der Waals surface area contributed by atoms with Gasteiger partial charge in [0.15, 0.2) is 0 Å². The molecule has 0 unspecified atom stereocenters. The molecule has 14 heavy (non-hydrogen) atoms. The minimum absolute atomic E-state index is 0. The molecular weight excluding hydrogens is 168 g/mol. The molecule has 0 fully saturated rings. The third-order valence-corrected chi connectivity index (χ3v) is 3.27. The van der Waals surface area contributed by atoms with Gasteiger partial charge in [0.25, 0.3) is 0 Å². The second-order valence-electron chi connectivity index (χ2n) is 5.49. The van der Waals surface area contributed by atoms with Crippen LogP contribution in [-0.4, -0.2) is 0 Å². The fourth-order valence-corrected chi connectivity index (χ4v) is 2.96. The van der Waals surface area contributed by atoms with Gasteiger partial charge in [0, 0.05) is 0 Å². The van der Waals surface area contributed by atoms with Crippen molar-refractivity contribution in [3.05, 3.63) is 35.4 Å². The summed E-state index contributed by atoms with van der Waals surface area (Å²) < 4.78 is 0. The van der Waals surface area contributed by atoms with E-state index in [2.05, 4.69) is 52.0 Å². The molecule has 0 saturated heterocycles. The van der Waals surface area contributed by atoms with E-state index < -0.39 is 0 Å². The standard InChI is InChI=1S/C13H18.CH4/c1-12(2)9-13(3,4)11-8-6-5-7-10(11)12;/h5-8H,9H2,1-4H3;1H4. The van der Waals surface area contributed by atoms with Crippen molar-refractivity contribution in [3.8, 4) is 0 Å². The SMILES string of the molecule is C.CC1(C)CC(C)(C)c2ccccc21. The van der Waals surface area contributed by atoms with Gasteiger partial charge in [-0.25, -0.2) is 0 Å². The minimum atomic E-state index is 0. The van der Waals surface area contributed by atoms with Crippen molar-refractivity contribution in [1.29, 1.82) is 0 Å². The van der Waals surface area contributed by atoms with Crippen molar-refractivity contribution < 1.29 is 0 Å². The summed E-state index contributed by atoms with van der Waals surface area (Å²) in [6, 6.07) is 8.87. The van der Waals surface area contributed by atoms with E-state index in [0.29, 0.717) is 10.8 Å². The van der Waals surface area contributed by atoms with E-state index in [4.69, 9.17) is 0 Å². The number of hydrogen-bond donors (Lipinski definition) is 0. The van der Waals surface area contributed by atoms with Crippen LogP contribution >= 0.6 is 0 Å². The first-order valence-corrected chi connectivity index (χ1v) is 5.03. The fraction of sp³-hybridized carbons (Fsp3) is 0.571.